The quantitative estimate of drug-likeness (QED) is 0.810. The van der Waals surface area contributed by atoms with Crippen LogP contribution in [0.4, 0.5) is 0 Å². The van der Waals surface area contributed by atoms with Gasteiger partial charge in [0.05, 0.1) is 6.10 Å². The molecule has 0 saturated carbocycles. The first-order valence-corrected chi connectivity index (χ1v) is 5.93. The molecule has 0 aromatic carbocycles. The van der Waals surface area contributed by atoms with Crippen molar-refractivity contribution in [2.45, 2.75) is 38.7 Å². The van der Waals surface area contributed by atoms with Gasteiger partial charge in [-0.25, -0.2) is 4.98 Å². The van der Waals surface area contributed by atoms with Gasteiger partial charge >= 0.3 is 0 Å². The monoisotopic (exact) mass is 214 g/mol. The Balaban J connectivity index is 2.25. The van der Waals surface area contributed by atoms with Gasteiger partial charge in [-0.15, -0.1) is 0 Å². The number of nitrogens with zero attached hydrogens (tertiary/aromatic N) is 2. The number of aliphatic hydroxyl groups excluding tert-OH is 1. The molecule has 0 bridgehead atoms. The maximum absolute atomic E-state index is 9.29. The number of imidazole rings is 1. The topological polar surface area (TPSA) is 38.0 Å². The Kier molecular flexibility index (Phi) is 4.48. The predicted octanol–water partition coefficient (Wildman–Crippen LogP) is 1.69. The lowest BCUT2D eigenvalue weighted by atomic mass is 10.3. The number of rotatable bonds is 5. The molecule has 1 N–H and O–H groups in total. The average Bonchev–Trinajstić information content (AvgIpc) is 2.51. The lowest BCUT2D eigenvalue weighted by Gasteiger charge is -2.14. The second kappa shape index (κ2) is 5.41. The van der Waals surface area contributed by atoms with Gasteiger partial charge in [-0.05, 0) is 13.8 Å². The third-order valence-electron chi connectivity index (χ3n) is 2.32. The van der Waals surface area contributed by atoms with Crippen LogP contribution in [0.15, 0.2) is 12.4 Å². The van der Waals surface area contributed by atoms with Crippen molar-refractivity contribution in [3.8, 4) is 0 Å². The van der Waals surface area contributed by atoms with Crippen molar-refractivity contribution in [2.75, 3.05) is 5.75 Å². The third kappa shape index (κ3) is 3.35. The van der Waals surface area contributed by atoms with E-state index in [1.807, 2.05) is 26.2 Å². The van der Waals surface area contributed by atoms with Crippen LogP contribution in [-0.2, 0) is 6.54 Å². The van der Waals surface area contributed by atoms with E-state index in [0.717, 1.165) is 18.1 Å². The molecule has 0 spiro atoms. The maximum Gasteiger partial charge on any atom is 0.105 e. The summed E-state index contributed by atoms with van der Waals surface area (Å²) in [5.41, 5.74) is 0. The molecule has 0 aliphatic rings. The van der Waals surface area contributed by atoms with Crippen molar-refractivity contribution in [3.05, 3.63) is 18.2 Å². The molecule has 0 radical (unpaired) electrons. The van der Waals surface area contributed by atoms with Crippen LogP contribution < -0.4 is 0 Å². The molecule has 14 heavy (non-hydrogen) atoms. The Morgan fingerprint density at radius 1 is 1.57 bits per heavy atom. The largest absolute Gasteiger partial charge is 0.392 e. The van der Waals surface area contributed by atoms with Crippen molar-refractivity contribution in [3.63, 3.8) is 0 Å². The first-order valence-electron chi connectivity index (χ1n) is 4.88. The summed E-state index contributed by atoms with van der Waals surface area (Å²) in [6, 6.07) is 0. The summed E-state index contributed by atoms with van der Waals surface area (Å²) in [5, 5.41) is 9.60. The fourth-order valence-electron chi connectivity index (χ4n) is 1.12. The van der Waals surface area contributed by atoms with Crippen LogP contribution in [0, 0.1) is 6.92 Å². The van der Waals surface area contributed by atoms with E-state index in [1.165, 1.54) is 0 Å². The summed E-state index contributed by atoms with van der Waals surface area (Å²) in [7, 11) is 0. The zero-order chi connectivity index (χ0) is 10.6. The highest BCUT2D eigenvalue weighted by molar-refractivity contribution is 7.99. The summed E-state index contributed by atoms with van der Waals surface area (Å²) in [5.74, 6) is 2.07. The SMILES string of the molecule is Cc1nccn1CCSC(C)C(C)O. The number of hydrogen-bond donors (Lipinski definition) is 1. The third-order valence-corrected chi connectivity index (χ3v) is 3.65. The summed E-state index contributed by atoms with van der Waals surface area (Å²) >= 11 is 1.79. The van der Waals surface area contributed by atoms with Gasteiger partial charge in [0.25, 0.3) is 0 Å². The molecule has 0 aliphatic carbocycles. The molecule has 2 unspecified atom stereocenters. The smallest absolute Gasteiger partial charge is 0.105 e. The molecule has 1 aromatic rings. The number of aromatic nitrogens is 2. The van der Waals surface area contributed by atoms with Crippen LogP contribution in [0.5, 0.6) is 0 Å². The van der Waals surface area contributed by atoms with Crippen molar-refractivity contribution in [1.29, 1.82) is 0 Å². The van der Waals surface area contributed by atoms with Gasteiger partial charge in [-0.2, -0.15) is 11.8 Å². The van der Waals surface area contributed by atoms with Gasteiger partial charge in [0, 0.05) is 29.9 Å². The summed E-state index contributed by atoms with van der Waals surface area (Å²) in [4.78, 5) is 4.15. The van der Waals surface area contributed by atoms with Gasteiger partial charge in [-0.1, -0.05) is 6.92 Å². The van der Waals surface area contributed by atoms with Gasteiger partial charge in [-0.3, -0.25) is 0 Å². The maximum atomic E-state index is 9.29. The van der Waals surface area contributed by atoms with E-state index in [4.69, 9.17) is 0 Å². The minimum atomic E-state index is -0.233. The van der Waals surface area contributed by atoms with Crippen LogP contribution in [0.3, 0.4) is 0 Å². The Hall–Kier alpha value is -0.480. The summed E-state index contributed by atoms with van der Waals surface area (Å²) < 4.78 is 2.13. The van der Waals surface area contributed by atoms with E-state index < -0.39 is 0 Å². The van der Waals surface area contributed by atoms with Crippen molar-refractivity contribution >= 4 is 11.8 Å². The van der Waals surface area contributed by atoms with Crippen LogP contribution >= 0.6 is 11.8 Å². The van der Waals surface area contributed by atoms with Crippen molar-refractivity contribution in [1.82, 2.24) is 9.55 Å². The normalized spacial score (nSPS) is 15.4. The molecule has 0 saturated heterocycles. The van der Waals surface area contributed by atoms with Gasteiger partial charge in [0.15, 0.2) is 0 Å². The zero-order valence-electron chi connectivity index (χ0n) is 8.97. The minimum absolute atomic E-state index is 0.233. The van der Waals surface area contributed by atoms with E-state index in [2.05, 4.69) is 16.5 Å². The van der Waals surface area contributed by atoms with E-state index >= 15 is 0 Å². The first kappa shape index (κ1) is 11.6. The molecular formula is C10H18N2OS. The Labute approximate surface area is 89.5 Å². The molecule has 2 atom stereocenters. The molecule has 3 nitrogen and oxygen atoms in total. The fourth-order valence-corrected chi connectivity index (χ4v) is 2.07. The number of aliphatic hydroxyl groups is 1. The molecule has 1 rings (SSSR count). The molecule has 0 fully saturated rings. The highest BCUT2D eigenvalue weighted by Gasteiger charge is 2.08. The van der Waals surface area contributed by atoms with Crippen LogP contribution in [-0.4, -0.2) is 31.8 Å². The number of thioether (sulfide) groups is 1. The molecule has 1 aromatic heterocycles. The first-order chi connectivity index (χ1) is 6.61. The second-order valence-electron chi connectivity index (χ2n) is 3.48. The molecule has 80 valence electrons. The Morgan fingerprint density at radius 2 is 2.29 bits per heavy atom. The lowest BCUT2D eigenvalue weighted by Crippen LogP contribution is -2.16. The van der Waals surface area contributed by atoms with E-state index in [-0.39, 0.29) is 6.10 Å². The highest BCUT2D eigenvalue weighted by atomic mass is 32.2. The van der Waals surface area contributed by atoms with Gasteiger partial charge < -0.3 is 9.67 Å². The Bertz CT molecular complexity index is 273. The number of aryl methyl sites for hydroxylation is 2. The summed E-state index contributed by atoms with van der Waals surface area (Å²) in [6.45, 7) is 6.85. The predicted molar refractivity (Wildman–Crippen MR) is 60.6 cm³/mol. The van der Waals surface area contributed by atoms with E-state index in [1.54, 1.807) is 11.8 Å². The number of hydrogen-bond acceptors (Lipinski definition) is 3. The van der Waals surface area contributed by atoms with E-state index in [0.29, 0.717) is 5.25 Å². The second-order valence-corrected chi connectivity index (χ2v) is 4.97. The molecule has 0 aliphatic heterocycles. The van der Waals surface area contributed by atoms with Crippen LogP contribution in [0.25, 0.3) is 0 Å². The Morgan fingerprint density at radius 3 is 2.79 bits per heavy atom. The van der Waals surface area contributed by atoms with Crippen molar-refractivity contribution in [2.24, 2.45) is 0 Å². The standard InChI is InChI=1S/C10H18N2OS/c1-8(13)9(2)14-7-6-12-5-4-11-10(12)3/h4-5,8-9,13H,6-7H2,1-3H3. The zero-order valence-corrected chi connectivity index (χ0v) is 9.79. The van der Waals surface area contributed by atoms with Crippen LogP contribution in [0.1, 0.15) is 19.7 Å². The molecular weight excluding hydrogens is 196 g/mol. The highest BCUT2D eigenvalue weighted by Crippen LogP contribution is 2.14. The van der Waals surface area contributed by atoms with Crippen LogP contribution in [0.2, 0.25) is 0 Å². The molecule has 0 amide bonds. The minimum Gasteiger partial charge on any atom is -0.392 e. The van der Waals surface area contributed by atoms with Gasteiger partial charge in [0.2, 0.25) is 0 Å². The molecule has 4 heteroatoms. The average molecular weight is 214 g/mol. The van der Waals surface area contributed by atoms with Gasteiger partial charge in [0.1, 0.15) is 5.82 Å². The fraction of sp³-hybridized carbons (Fsp3) is 0.700. The van der Waals surface area contributed by atoms with E-state index in [9.17, 15) is 5.11 Å². The lowest BCUT2D eigenvalue weighted by molar-refractivity contribution is 0.196. The summed E-state index contributed by atoms with van der Waals surface area (Å²) in [6.07, 6.45) is 3.57. The molecule has 1 heterocycles. The van der Waals surface area contributed by atoms with Crippen molar-refractivity contribution < 1.29 is 5.11 Å².